The molecule has 1 heterocycles. The number of amides is 1. The van der Waals surface area contributed by atoms with Crippen molar-refractivity contribution < 1.29 is 19.7 Å². The number of anilines is 1. The Kier molecular flexibility index (Phi) is 6.09. The highest BCUT2D eigenvalue weighted by Gasteiger charge is 2.22. The number of nitrogens with one attached hydrogen (secondary N) is 2. The monoisotopic (exact) mass is 356 g/mol. The van der Waals surface area contributed by atoms with E-state index in [0.29, 0.717) is 30.8 Å². The number of phenols is 1. The van der Waals surface area contributed by atoms with Gasteiger partial charge in [0.1, 0.15) is 24.2 Å². The van der Waals surface area contributed by atoms with Crippen LogP contribution in [0.25, 0.3) is 0 Å². The molecule has 3 rings (SSSR count). The van der Waals surface area contributed by atoms with Crippen LogP contribution in [-0.4, -0.2) is 41.9 Å². The molecule has 6 nitrogen and oxygen atoms in total. The van der Waals surface area contributed by atoms with Crippen LogP contribution in [0.15, 0.2) is 42.5 Å². The molecule has 2 aromatic carbocycles. The van der Waals surface area contributed by atoms with Crippen molar-refractivity contribution in [2.24, 2.45) is 0 Å². The molecule has 1 aliphatic heterocycles. The molecule has 1 atom stereocenters. The Labute approximate surface area is 152 Å². The summed E-state index contributed by atoms with van der Waals surface area (Å²) in [5, 5.41) is 25.9. The van der Waals surface area contributed by atoms with Crippen molar-refractivity contribution in [2.45, 2.75) is 25.4 Å². The summed E-state index contributed by atoms with van der Waals surface area (Å²) in [5.74, 6) is 0.497. The van der Waals surface area contributed by atoms with Gasteiger partial charge in [0.2, 0.25) is 5.91 Å². The lowest BCUT2D eigenvalue weighted by Gasteiger charge is -2.22. The zero-order valence-electron chi connectivity index (χ0n) is 14.6. The van der Waals surface area contributed by atoms with E-state index in [1.165, 1.54) is 11.6 Å². The molecule has 2 aromatic rings. The third-order valence-corrected chi connectivity index (χ3v) is 4.36. The number of aliphatic hydroxyl groups excluding tert-OH is 1. The van der Waals surface area contributed by atoms with Gasteiger partial charge in [0, 0.05) is 18.5 Å². The number of benzene rings is 2. The van der Waals surface area contributed by atoms with Gasteiger partial charge < -0.3 is 25.6 Å². The highest BCUT2D eigenvalue weighted by molar-refractivity contribution is 5.96. The van der Waals surface area contributed by atoms with Gasteiger partial charge in [-0.15, -0.1) is 0 Å². The summed E-state index contributed by atoms with van der Waals surface area (Å²) in [7, 11) is 0. The van der Waals surface area contributed by atoms with Gasteiger partial charge in [-0.1, -0.05) is 30.3 Å². The Morgan fingerprint density at radius 3 is 2.77 bits per heavy atom. The normalized spacial score (nSPS) is 14.4. The molecule has 0 bridgehead atoms. The van der Waals surface area contributed by atoms with E-state index in [1.54, 1.807) is 6.07 Å². The van der Waals surface area contributed by atoms with E-state index in [-0.39, 0.29) is 18.3 Å². The molecule has 0 fully saturated rings. The molecule has 26 heavy (non-hydrogen) atoms. The quantitative estimate of drug-likeness (QED) is 0.428. The maximum atomic E-state index is 11.5. The molecular formula is C20H24N2O4. The van der Waals surface area contributed by atoms with Gasteiger partial charge in [-0.3, -0.25) is 4.79 Å². The summed E-state index contributed by atoms with van der Waals surface area (Å²) in [5.41, 5.74) is 2.44. The highest BCUT2D eigenvalue weighted by Crippen LogP contribution is 2.38. The number of hydrogen-bond acceptors (Lipinski definition) is 5. The van der Waals surface area contributed by atoms with Crippen LogP contribution >= 0.6 is 0 Å². The van der Waals surface area contributed by atoms with Crippen LogP contribution < -0.4 is 15.4 Å². The average molecular weight is 356 g/mol. The molecule has 0 aromatic heterocycles. The van der Waals surface area contributed by atoms with Gasteiger partial charge in [-0.05, 0) is 37.1 Å². The molecule has 0 spiro atoms. The van der Waals surface area contributed by atoms with E-state index in [0.717, 1.165) is 18.5 Å². The first-order valence-electron chi connectivity index (χ1n) is 8.83. The van der Waals surface area contributed by atoms with E-state index >= 15 is 0 Å². The number of phenolic OH excluding ortho intramolecular Hbond substituents is 1. The zero-order chi connectivity index (χ0) is 18.4. The largest absolute Gasteiger partial charge is 0.506 e. The molecule has 6 heteroatoms. The van der Waals surface area contributed by atoms with E-state index in [1.807, 2.05) is 18.2 Å². The van der Waals surface area contributed by atoms with Crippen molar-refractivity contribution in [3.05, 3.63) is 53.6 Å². The predicted molar refractivity (Wildman–Crippen MR) is 99.6 cm³/mol. The molecule has 0 saturated heterocycles. The van der Waals surface area contributed by atoms with Crippen LogP contribution in [0.5, 0.6) is 11.5 Å². The highest BCUT2D eigenvalue weighted by atomic mass is 16.5. The summed E-state index contributed by atoms with van der Waals surface area (Å²) < 4.78 is 5.72. The molecule has 1 aliphatic rings. The number of ether oxygens (including phenoxy) is 1. The van der Waals surface area contributed by atoms with Crippen LogP contribution in [0.3, 0.4) is 0 Å². The maximum Gasteiger partial charge on any atom is 0.224 e. The first-order chi connectivity index (χ1) is 12.6. The summed E-state index contributed by atoms with van der Waals surface area (Å²) in [4.78, 5) is 11.5. The molecule has 0 saturated carbocycles. The third kappa shape index (κ3) is 4.74. The van der Waals surface area contributed by atoms with E-state index in [4.69, 9.17) is 4.74 Å². The Morgan fingerprint density at radius 2 is 1.96 bits per heavy atom. The van der Waals surface area contributed by atoms with Crippen molar-refractivity contribution in [1.82, 2.24) is 5.32 Å². The van der Waals surface area contributed by atoms with E-state index in [9.17, 15) is 15.0 Å². The van der Waals surface area contributed by atoms with E-state index < -0.39 is 6.10 Å². The second-order valence-corrected chi connectivity index (χ2v) is 6.39. The van der Waals surface area contributed by atoms with Gasteiger partial charge in [0.15, 0.2) is 0 Å². The topological polar surface area (TPSA) is 90.8 Å². The fraction of sp³-hybridized carbons (Fsp3) is 0.350. The van der Waals surface area contributed by atoms with Crippen molar-refractivity contribution in [2.75, 3.05) is 25.0 Å². The number of fused-ring (bicyclic) bond motifs is 1. The molecule has 138 valence electrons. The lowest BCUT2D eigenvalue weighted by atomic mass is 10.0. The van der Waals surface area contributed by atoms with Gasteiger partial charge >= 0.3 is 0 Å². The molecule has 1 amide bonds. The number of rotatable bonds is 8. The molecular weight excluding hydrogens is 332 g/mol. The predicted octanol–water partition coefficient (Wildman–Crippen LogP) is 1.85. The van der Waals surface area contributed by atoms with Gasteiger partial charge in [-0.25, -0.2) is 0 Å². The van der Waals surface area contributed by atoms with Crippen molar-refractivity contribution in [3.63, 3.8) is 0 Å². The maximum absolute atomic E-state index is 11.5. The zero-order valence-corrected chi connectivity index (χ0v) is 14.6. The second-order valence-electron chi connectivity index (χ2n) is 6.39. The first-order valence-corrected chi connectivity index (χ1v) is 8.83. The summed E-state index contributed by atoms with van der Waals surface area (Å²) in [6, 6.07) is 13.3. The number of hydrogen-bond donors (Lipinski definition) is 4. The Bertz CT molecular complexity index is 749. The Balaban J connectivity index is 1.45. The summed E-state index contributed by atoms with van der Waals surface area (Å²) in [6.07, 6.45) is 1.13. The molecule has 0 radical (unpaired) electrons. The van der Waals surface area contributed by atoms with Gasteiger partial charge in [0.05, 0.1) is 5.69 Å². The fourth-order valence-corrected chi connectivity index (χ4v) is 2.97. The third-order valence-electron chi connectivity index (χ3n) is 4.36. The van der Waals surface area contributed by atoms with Gasteiger partial charge in [-0.2, -0.15) is 0 Å². The number of carbonyl (C=O) groups is 1. The van der Waals surface area contributed by atoms with Crippen LogP contribution in [0.2, 0.25) is 0 Å². The Hall–Kier alpha value is -2.57. The van der Waals surface area contributed by atoms with Crippen molar-refractivity contribution in [3.8, 4) is 11.5 Å². The molecule has 4 N–H and O–H groups in total. The van der Waals surface area contributed by atoms with Crippen LogP contribution in [0, 0.1) is 0 Å². The number of carbonyl (C=O) groups excluding carboxylic acids is 1. The minimum Gasteiger partial charge on any atom is -0.506 e. The van der Waals surface area contributed by atoms with Crippen LogP contribution in [0.1, 0.15) is 17.5 Å². The summed E-state index contributed by atoms with van der Waals surface area (Å²) >= 11 is 0. The Morgan fingerprint density at radius 1 is 1.15 bits per heavy atom. The summed E-state index contributed by atoms with van der Waals surface area (Å²) in [6.45, 7) is 1.36. The first kappa shape index (κ1) is 18.2. The fourth-order valence-electron chi connectivity index (χ4n) is 2.97. The van der Waals surface area contributed by atoms with Crippen LogP contribution in [0.4, 0.5) is 5.69 Å². The van der Waals surface area contributed by atoms with Gasteiger partial charge in [0.25, 0.3) is 0 Å². The number of aromatic hydroxyl groups is 1. The molecule has 1 unspecified atom stereocenters. The van der Waals surface area contributed by atoms with Crippen molar-refractivity contribution >= 4 is 11.6 Å². The SMILES string of the molecule is O=C1CCc2c(OCC(O)CNCCc3ccccc3)ccc(O)c2N1. The minimum absolute atomic E-state index is 0.0310. The lowest BCUT2D eigenvalue weighted by Crippen LogP contribution is -2.32. The standard InChI is InChI=1S/C20H24N2O4/c23-15(12-21-11-10-14-4-2-1-3-5-14)13-26-18-8-7-17(24)20-16(18)6-9-19(25)22-20/h1-5,7-8,15,21,23-24H,6,9-13H2,(H,22,25). The second kappa shape index (κ2) is 8.69. The van der Waals surface area contributed by atoms with Crippen LogP contribution in [-0.2, 0) is 17.6 Å². The van der Waals surface area contributed by atoms with Crippen molar-refractivity contribution in [1.29, 1.82) is 0 Å². The van der Waals surface area contributed by atoms with E-state index in [2.05, 4.69) is 22.8 Å². The number of aliphatic hydroxyl groups is 1. The lowest BCUT2D eigenvalue weighted by molar-refractivity contribution is -0.116. The molecule has 0 aliphatic carbocycles. The average Bonchev–Trinajstić information content (AvgIpc) is 2.66. The smallest absolute Gasteiger partial charge is 0.224 e. The minimum atomic E-state index is -0.645.